The van der Waals surface area contributed by atoms with Crippen LogP contribution in [0.15, 0.2) is 54.6 Å². The third-order valence-corrected chi connectivity index (χ3v) is 4.48. The first-order chi connectivity index (χ1) is 11.4. The highest BCUT2D eigenvalue weighted by atomic mass is 32.2. The fourth-order valence-corrected chi connectivity index (χ4v) is 3.06. The molecule has 7 heteroatoms. The number of carbonyl (C=O) groups is 1. The summed E-state index contributed by atoms with van der Waals surface area (Å²) < 4.78 is 25.1. The first-order valence-corrected chi connectivity index (χ1v) is 9.08. The molecule has 0 heterocycles. The van der Waals surface area contributed by atoms with E-state index in [2.05, 4.69) is 5.32 Å². The maximum absolute atomic E-state index is 12.0. The number of anilines is 2. The number of nitriles is 1. The van der Waals surface area contributed by atoms with Crippen LogP contribution >= 0.6 is 0 Å². The van der Waals surface area contributed by atoms with Crippen LogP contribution in [-0.2, 0) is 14.8 Å². The summed E-state index contributed by atoms with van der Waals surface area (Å²) in [5.74, 6) is -0.275. The molecule has 0 saturated heterocycles. The van der Waals surface area contributed by atoms with Crippen LogP contribution in [0.3, 0.4) is 0 Å². The van der Waals surface area contributed by atoms with Crippen LogP contribution in [0.25, 0.3) is 0 Å². The molecule has 2 rings (SSSR count). The van der Waals surface area contributed by atoms with E-state index in [0.29, 0.717) is 16.9 Å². The Kier molecular flexibility index (Phi) is 5.55. The van der Waals surface area contributed by atoms with E-state index in [1.165, 1.54) is 12.1 Å². The average Bonchev–Trinajstić information content (AvgIpc) is 2.55. The van der Waals surface area contributed by atoms with E-state index in [1.807, 2.05) is 12.1 Å². The number of sulfonamides is 1. The van der Waals surface area contributed by atoms with Crippen LogP contribution in [0.1, 0.15) is 12.0 Å². The van der Waals surface area contributed by atoms with Gasteiger partial charge in [-0.3, -0.25) is 9.10 Å². The van der Waals surface area contributed by atoms with E-state index in [-0.39, 0.29) is 18.9 Å². The van der Waals surface area contributed by atoms with E-state index < -0.39 is 10.0 Å². The van der Waals surface area contributed by atoms with Crippen molar-refractivity contribution in [3.63, 3.8) is 0 Å². The number of benzene rings is 2. The van der Waals surface area contributed by atoms with E-state index in [9.17, 15) is 13.2 Å². The lowest BCUT2D eigenvalue weighted by Crippen LogP contribution is -2.33. The van der Waals surface area contributed by atoms with Gasteiger partial charge >= 0.3 is 0 Å². The minimum atomic E-state index is -3.54. The Morgan fingerprint density at radius 3 is 2.29 bits per heavy atom. The van der Waals surface area contributed by atoms with Gasteiger partial charge in [-0.1, -0.05) is 18.2 Å². The van der Waals surface area contributed by atoms with Gasteiger partial charge in [0.25, 0.3) is 0 Å². The van der Waals surface area contributed by atoms with E-state index >= 15 is 0 Å². The standard InChI is InChI=1S/C17H17N3O3S/c1-24(22,23)20(16-9-7-14(13-18)8-10-16)12-11-17(21)19-15-5-3-2-4-6-15/h2-10H,11-12H2,1H3,(H,19,21). The molecule has 0 aliphatic rings. The van der Waals surface area contributed by atoms with Gasteiger partial charge in [0.1, 0.15) is 0 Å². The zero-order valence-electron chi connectivity index (χ0n) is 13.1. The summed E-state index contributed by atoms with van der Waals surface area (Å²) in [4.78, 5) is 12.0. The van der Waals surface area contributed by atoms with Crippen molar-refractivity contribution in [2.75, 3.05) is 22.4 Å². The fourth-order valence-electron chi connectivity index (χ4n) is 2.14. The van der Waals surface area contributed by atoms with Crippen LogP contribution in [0.4, 0.5) is 11.4 Å². The number of rotatable bonds is 6. The zero-order valence-corrected chi connectivity index (χ0v) is 14.0. The van der Waals surface area contributed by atoms with Crippen molar-refractivity contribution < 1.29 is 13.2 Å². The lowest BCUT2D eigenvalue weighted by molar-refractivity contribution is -0.116. The van der Waals surface area contributed by atoms with E-state index in [4.69, 9.17) is 5.26 Å². The fraction of sp³-hybridized carbons (Fsp3) is 0.176. The van der Waals surface area contributed by atoms with Crippen molar-refractivity contribution in [2.45, 2.75) is 6.42 Å². The minimum absolute atomic E-state index is 0.0158. The molecule has 1 amide bonds. The summed E-state index contributed by atoms with van der Waals surface area (Å²) in [6, 6.07) is 17.1. The molecule has 6 nitrogen and oxygen atoms in total. The van der Waals surface area contributed by atoms with Crippen molar-refractivity contribution in [1.82, 2.24) is 0 Å². The SMILES string of the molecule is CS(=O)(=O)N(CCC(=O)Nc1ccccc1)c1ccc(C#N)cc1. The summed E-state index contributed by atoms with van der Waals surface area (Å²) in [5, 5.41) is 11.5. The lowest BCUT2D eigenvalue weighted by Gasteiger charge is -2.22. The summed E-state index contributed by atoms with van der Waals surface area (Å²) >= 11 is 0. The van der Waals surface area contributed by atoms with Gasteiger partial charge in [-0.15, -0.1) is 0 Å². The molecule has 1 N–H and O–H groups in total. The molecule has 0 radical (unpaired) electrons. The van der Waals surface area contributed by atoms with E-state index in [1.54, 1.807) is 36.4 Å². The number of para-hydroxylation sites is 1. The molecule has 2 aromatic carbocycles. The Hall–Kier alpha value is -2.85. The number of carbonyl (C=O) groups excluding carboxylic acids is 1. The normalized spacial score (nSPS) is 10.7. The average molecular weight is 343 g/mol. The molecule has 2 aromatic rings. The number of amides is 1. The number of nitrogens with one attached hydrogen (secondary N) is 1. The molecule has 0 atom stereocenters. The van der Waals surface area contributed by atoms with Gasteiger partial charge in [-0.25, -0.2) is 8.42 Å². The molecule has 124 valence electrons. The Labute approximate surface area is 141 Å². The van der Waals surface area contributed by atoms with Crippen LogP contribution in [0, 0.1) is 11.3 Å². The molecule has 0 aliphatic carbocycles. The highest BCUT2D eigenvalue weighted by Gasteiger charge is 2.18. The zero-order chi connectivity index (χ0) is 17.6. The second-order valence-electron chi connectivity index (χ2n) is 5.16. The Morgan fingerprint density at radius 2 is 1.75 bits per heavy atom. The molecule has 0 fully saturated rings. The van der Waals surface area contributed by atoms with Crippen molar-refractivity contribution in [1.29, 1.82) is 5.26 Å². The molecule has 0 aromatic heterocycles. The largest absolute Gasteiger partial charge is 0.326 e. The molecule has 0 aliphatic heterocycles. The maximum Gasteiger partial charge on any atom is 0.232 e. The van der Waals surface area contributed by atoms with Gasteiger partial charge in [0, 0.05) is 18.7 Å². The summed E-state index contributed by atoms with van der Waals surface area (Å²) in [6.45, 7) is 0.0173. The monoisotopic (exact) mass is 343 g/mol. The maximum atomic E-state index is 12.0. The molecular formula is C17H17N3O3S. The second kappa shape index (κ2) is 7.62. The van der Waals surface area contributed by atoms with Crippen LogP contribution in [0.5, 0.6) is 0 Å². The third kappa shape index (κ3) is 4.83. The van der Waals surface area contributed by atoms with Crippen molar-refractivity contribution in [3.05, 3.63) is 60.2 Å². The second-order valence-corrected chi connectivity index (χ2v) is 7.06. The predicted molar refractivity (Wildman–Crippen MR) is 93.0 cm³/mol. The quantitative estimate of drug-likeness (QED) is 0.872. The Morgan fingerprint density at radius 1 is 1.12 bits per heavy atom. The molecule has 0 unspecified atom stereocenters. The molecule has 0 saturated carbocycles. The highest BCUT2D eigenvalue weighted by molar-refractivity contribution is 7.92. The summed E-state index contributed by atoms with van der Waals surface area (Å²) in [6.07, 6.45) is 1.10. The van der Waals surface area contributed by atoms with Gasteiger partial charge in [0.2, 0.25) is 15.9 Å². The number of hydrogen-bond donors (Lipinski definition) is 1. The third-order valence-electron chi connectivity index (χ3n) is 3.28. The minimum Gasteiger partial charge on any atom is -0.326 e. The first kappa shape index (κ1) is 17.5. The molecule has 24 heavy (non-hydrogen) atoms. The van der Waals surface area contributed by atoms with Gasteiger partial charge in [-0.2, -0.15) is 5.26 Å². The van der Waals surface area contributed by atoms with Gasteiger partial charge in [0.15, 0.2) is 0 Å². The van der Waals surface area contributed by atoms with Crippen LogP contribution < -0.4 is 9.62 Å². The molecule has 0 bridgehead atoms. The number of hydrogen-bond acceptors (Lipinski definition) is 4. The topological polar surface area (TPSA) is 90.3 Å². The lowest BCUT2D eigenvalue weighted by atomic mass is 10.2. The Bertz CT molecular complexity index is 841. The van der Waals surface area contributed by atoms with Crippen molar-refractivity contribution >= 4 is 27.3 Å². The van der Waals surface area contributed by atoms with Crippen molar-refractivity contribution in [3.8, 4) is 6.07 Å². The van der Waals surface area contributed by atoms with Crippen molar-refractivity contribution in [2.24, 2.45) is 0 Å². The highest BCUT2D eigenvalue weighted by Crippen LogP contribution is 2.18. The van der Waals surface area contributed by atoms with Gasteiger partial charge < -0.3 is 5.32 Å². The van der Waals surface area contributed by atoms with Crippen LogP contribution in [0.2, 0.25) is 0 Å². The first-order valence-electron chi connectivity index (χ1n) is 7.23. The van der Waals surface area contributed by atoms with Gasteiger partial charge in [-0.05, 0) is 36.4 Å². The van der Waals surface area contributed by atoms with E-state index in [0.717, 1.165) is 10.6 Å². The summed E-state index contributed by atoms with van der Waals surface area (Å²) in [5.41, 5.74) is 1.52. The Balaban J connectivity index is 2.07. The van der Waals surface area contributed by atoms with Crippen LogP contribution in [-0.4, -0.2) is 27.1 Å². The van der Waals surface area contributed by atoms with Gasteiger partial charge in [0.05, 0.1) is 23.6 Å². The summed E-state index contributed by atoms with van der Waals surface area (Å²) in [7, 11) is -3.54. The predicted octanol–water partition coefficient (Wildman–Crippen LogP) is 2.35. The number of nitrogens with zero attached hydrogens (tertiary/aromatic N) is 2. The smallest absolute Gasteiger partial charge is 0.232 e. The molecule has 0 spiro atoms. The molecular weight excluding hydrogens is 326 g/mol.